The zero-order valence-corrected chi connectivity index (χ0v) is 21.3. The van der Waals surface area contributed by atoms with E-state index in [0.29, 0.717) is 32.1 Å². The Morgan fingerprint density at radius 2 is 0.810 bits per heavy atom. The van der Waals surface area contributed by atoms with E-state index < -0.39 is 0 Å². The molecule has 0 spiro atoms. The summed E-state index contributed by atoms with van der Waals surface area (Å²) in [6.45, 7) is 7.94. The third kappa shape index (κ3) is 4.04. The van der Waals surface area contributed by atoms with Crippen molar-refractivity contribution in [1.82, 2.24) is 15.0 Å². The van der Waals surface area contributed by atoms with Crippen molar-refractivity contribution >= 4 is 16.8 Å². The summed E-state index contributed by atoms with van der Waals surface area (Å²) in [7, 11) is 0. The summed E-state index contributed by atoms with van der Waals surface area (Å²) < 4.78 is 0. The smallest absolute Gasteiger partial charge is 0.238 e. The van der Waals surface area contributed by atoms with E-state index in [9.17, 15) is 10.5 Å². The van der Waals surface area contributed by atoms with Crippen molar-refractivity contribution in [1.29, 1.82) is 10.5 Å². The molecular weight excluding hydrogens is 528 g/mol. The average molecular weight is 541 g/mol. The number of allylic oxidation sites excluding steroid dienone is 2. The zero-order valence-electron chi connectivity index (χ0n) is 21.3. The van der Waals surface area contributed by atoms with E-state index in [1.165, 1.54) is 0 Å². The lowest BCUT2D eigenvalue weighted by molar-refractivity contribution is 0.958. The Kier molecular flexibility index (Phi) is 5.61. The summed E-state index contributed by atoms with van der Waals surface area (Å²) in [5.41, 5.74) is -0.229. The van der Waals surface area contributed by atoms with Gasteiger partial charge in [0.25, 0.3) is 5.70 Å². The Labute approximate surface area is 235 Å². The van der Waals surface area contributed by atoms with Crippen LogP contribution >= 0.6 is 0 Å². The molecule has 12 nitrogen and oxygen atoms in total. The molecule has 0 saturated carbocycles. The van der Waals surface area contributed by atoms with Gasteiger partial charge in [-0.05, 0) is 36.4 Å². The molecule has 42 heavy (non-hydrogen) atoms. The van der Waals surface area contributed by atoms with Crippen LogP contribution in [0.4, 0.5) is 0 Å². The number of nitriles is 2. The molecule has 12 heteroatoms. The molecular formula is C30H12N12. The molecule has 0 unspecified atom stereocenters. The molecule has 3 aromatic carbocycles. The molecule has 4 aromatic rings. The molecule has 0 bridgehead atoms. The molecule has 0 saturated heterocycles. The van der Waals surface area contributed by atoms with Gasteiger partial charge in [0, 0.05) is 0 Å². The minimum atomic E-state index is -0.131. The van der Waals surface area contributed by atoms with Crippen LogP contribution in [0, 0.1) is 29.2 Å². The van der Waals surface area contributed by atoms with Crippen LogP contribution in [-0.2, 0) is 0 Å². The normalized spacial score (nSPS) is 13.2. The summed E-state index contributed by atoms with van der Waals surface area (Å²) in [5.74, 6) is -0.113. The van der Waals surface area contributed by atoms with Gasteiger partial charge in [-0.3, -0.25) is 0 Å². The number of aromatic nitrogens is 3. The molecule has 192 valence electrons. The Morgan fingerprint density at radius 3 is 1.12 bits per heavy atom. The van der Waals surface area contributed by atoms with Crippen molar-refractivity contribution < 1.29 is 0 Å². The number of rotatable bonds is 3. The van der Waals surface area contributed by atoms with Crippen LogP contribution in [0.5, 0.6) is 0 Å². The van der Waals surface area contributed by atoms with Crippen LogP contribution < -0.4 is 32.1 Å². The number of para-hydroxylation sites is 6. The van der Waals surface area contributed by atoms with E-state index in [2.05, 4.69) is 61.9 Å². The van der Waals surface area contributed by atoms with Gasteiger partial charge in [0.1, 0.15) is 23.3 Å². The fraction of sp³-hybridized carbons (Fsp3) is 0. The number of nitrogens with zero attached hydrogens (tertiary/aromatic N) is 12. The summed E-state index contributed by atoms with van der Waals surface area (Å²) >= 11 is 0. The van der Waals surface area contributed by atoms with Crippen molar-refractivity contribution in [2.24, 2.45) is 30.0 Å². The molecule has 0 amide bonds. The third-order valence-electron chi connectivity index (χ3n) is 6.29. The lowest BCUT2D eigenvalue weighted by Crippen LogP contribution is -2.19. The predicted molar refractivity (Wildman–Crippen MR) is 145 cm³/mol. The molecule has 0 radical (unpaired) electrons. The fourth-order valence-corrected chi connectivity index (χ4v) is 4.35. The van der Waals surface area contributed by atoms with E-state index in [-0.39, 0.29) is 51.8 Å². The molecule has 3 aliphatic rings. The second kappa shape index (κ2) is 9.72. The maximum absolute atomic E-state index is 10.2. The van der Waals surface area contributed by atoms with Crippen LogP contribution in [0.3, 0.4) is 0 Å². The van der Waals surface area contributed by atoms with E-state index in [0.717, 1.165) is 0 Å². The van der Waals surface area contributed by atoms with Crippen molar-refractivity contribution in [3.05, 3.63) is 151 Å². The highest BCUT2D eigenvalue weighted by atomic mass is 15.1. The number of hydrogen-bond acceptors (Lipinski definition) is 11. The molecule has 0 atom stereocenters. The Balaban J connectivity index is 1.50. The van der Waals surface area contributed by atoms with Gasteiger partial charge in [-0.25, -0.2) is 49.8 Å². The van der Waals surface area contributed by atoms with Gasteiger partial charge < -0.3 is 0 Å². The summed E-state index contributed by atoms with van der Waals surface area (Å²) in [4.78, 5) is 43.8. The van der Waals surface area contributed by atoms with E-state index >= 15 is 0 Å². The molecule has 0 N–H and O–H groups in total. The van der Waals surface area contributed by atoms with Crippen LogP contribution in [-0.4, -0.2) is 15.0 Å². The highest BCUT2D eigenvalue weighted by Crippen LogP contribution is 2.26. The number of hydrogen-bond donors (Lipinski definition) is 0. The van der Waals surface area contributed by atoms with Gasteiger partial charge in [0.2, 0.25) is 0 Å². The molecule has 0 fully saturated rings. The molecule has 1 aromatic heterocycles. The highest BCUT2D eigenvalue weighted by Gasteiger charge is 2.24. The van der Waals surface area contributed by atoms with Crippen molar-refractivity contribution in [3.63, 3.8) is 0 Å². The van der Waals surface area contributed by atoms with Crippen molar-refractivity contribution in [2.75, 3.05) is 0 Å². The van der Waals surface area contributed by atoms with Crippen LogP contribution in [0.15, 0.2) is 120 Å². The Bertz CT molecular complexity index is 2100. The van der Waals surface area contributed by atoms with Gasteiger partial charge in [0.15, 0.2) is 34.9 Å². The second-order valence-electron chi connectivity index (χ2n) is 8.85. The van der Waals surface area contributed by atoms with Crippen molar-refractivity contribution in [2.45, 2.75) is 0 Å². The average Bonchev–Trinajstić information content (AvgIpc) is 3.75. The summed E-state index contributed by atoms with van der Waals surface area (Å²) in [6.07, 6.45) is 0. The minimum absolute atomic E-state index is 0.0695. The highest BCUT2D eigenvalue weighted by molar-refractivity contribution is 5.80. The lowest BCUT2D eigenvalue weighted by Gasteiger charge is -2.07. The topological polar surface area (TPSA) is 165 Å². The molecule has 7 rings (SSSR count). The monoisotopic (exact) mass is 540 g/mol. The second-order valence-corrected chi connectivity index (χ2v) is 8.85. The van der Waals surface area contributed by atoms with E-state index in [1.807, 2.05) is 36.4 Å². The first kappa shape index (κ1) is 24.2. The maximum atomic E-state index is 10.2. The predicted octanol–water partition coefficient (Wildman–Crippen LogP) is 0.660. The Hall–Kier alpha value is -6.84. The van der Waals surface area contributed by atoms with Crippen LogP contribution in [0.1, 0.15) is 17.5 Å². The standard InChI is InChI=1S/C30H12N12/c1-33-24(29-38-22-12-6-7-13-23(22)39-29)30-41-27(16(14-31)25-34-18-8-2-3-9-19(18)35-25)40-28(42-30)17(15-32)26-36-20-10-4-5-11-21(20)37-26/h2-13H. The van der Waals surface area contributed by atoms with Crippen LogP contribution in [0.2, 0.25) is 0 Å². The zero-order chi connectivity index (χ0) is 28.6. The van der Waals surface area contributed by atoms with Crippen LogP contribution in [0.25, 0.3) is 21.7 Å². The van der Waals surface area contributed by atoms with Crippen molar-refractivity contribution in [3.8, 4) is 12.1 Å². The van der Waals surface area contributed by atoms with Gasteiger partial charge in [-0.2, -0.15) is 10.5 Å². The minimum Gasteiger partial charge on any atom is -0.238 e. The maximum Gasteiger partial charge on any atom is 0.274 e. The third-order valence-corrected chi connectivity index (χ3v) is 6.29. The molecule has 3 aliphatic heterocycles. The van der Waals surface area contributed by atoms with Gasteiger partial charge >= 0.3 is 0 Å². The van der Waals surface area contributed by atoms with Gasteiger partial charge in [0.05, 0.1) is 38.7 Å². The first-order valence-corrected chi connectivity index (χ1v) is 12.4. The first-order chi connectivity index (χ1) is 20.6. The Morgan fingerprint density at radius 1 is 0.500 bits per heavy atom. The first-order valence-electron chi connectivity index (χ1n) is 12.4. The largest absolute Gasteiger partial charge is 0.274 e. The fourth-order valence-electron chi connectivity index (χ4n) is 4.35. The summed E-state index contributed by atoms with van der Waals surface area (Å²) in [6, 6.07) is 25.7. The van der Waals surface area contributed by atoms with E-state index in [1.54, 1.807) is 36.4 Å². The quantitative estimate of drug-likeness (QED) is 0.275. The number of benzene rings is 3. The van der Waals surface area contributed by atoms with E-state index in [4.69, 9.17) is 6.57 Å². The summed E-state index contributed by atoms with van der Waals surface area (Å²) in [5, 5.41) is 23.9. The SMILES string of the molecule is [C-]#[N+]C(=C1N=c2ccccc2=N1)c1nc(C(C#N)=C2N=c3ccccc3=N2)nc(C(C#N)=C2N=c3ccccc3=N2)n1. The molecule has 0 aliphatic carbocycles. The van der Waals surface area contributed by atoms with Gasteiger partial charge in [-0.1, -0.05) is 36.4 Å². The van der Waals surface area contributed by atoms with Gasteiger partial charge in [-0.15, -0.1) is 0 Å². The number of fused-ring (bicyclic) bond motifs is 3. The lowest BCUT2D eigenvalue weighted by atomic mass is 10.2. The molecule has 4 heterocycles.